The number of aromatic nitrogens is 2. The second-order valence-electron chi connectivity index (χ2n) is 8.79. The van der Waals surface area contributed by atoms with Crippen LogP contribution in [0, 0.1) is 0 Å². The van der Waals surface area contributed by atoms with E-state index in [1.807, 2.05) is 20.8 Å². The molecular formula is C21H38N4O3. The number of carbonyl (C=O) groups is 1. The number of aliphatic hydroxyl groups is 1. The van der Waals surface area contributed by atoms with Crippen molar-refractivity contribution in [1.29, 1.82) is 0 Å². The number of carbonyl (C=O) groups excluding carboxylic acids is 1. The van der Waals surface area contributed by atoms with Gasteiger partial charge in [0.2, 0.25) is 0 Å². The van der Waals surface area contributed by atoms with Gasteiger partial charge in [0.1, 0.15) is 11.4 Å². The van der Waals surface area contributed by atoms with Crippen molar-refractivity contribution in [3.63, 3.8) is 0 Å². The molecule has 1 aromatic rings. The van der Waals surface area contributed by atoms with Crippen molar-refractivity contribution in [2.24, 2.45) is 0 Å². The van der Waals surface area contributed by atoms with Crippen LogP contribution < -0.4 is 5.32 Å². The van der Waals surface area contributed by atoms with Crippen molar-refractivity contribution in [3.05, 3.63) is 17.7 Å². The molecule has 0 bridgehead atoms. The maximum Gasteiger partial charge on any atom is 0.293 e. The molecule has 2 aliphatic rings. The van der Waals surface area contributed by atoms with Crippen molar-refractivity contribution in [3.8, 4) is 0 Å². The fourth-order valence-electron chi connectivity index (χ4n) is 3.64. The Balaban J connectivity index is 0.000000345. The highest BCUT2D eigenvalue weighted by atomic mass is 16.5. The fourth-order valence-corrected chi connectivity index (χ4v) is 3.64. The first-order valence-electron chi connectivity index (χ1n) is 10.6. The highest BCUT2D eigenvalue weighted by molar-refractivity contribution is 5.37. The maximum atomic E-state index is 9.84. The lowest BCUT2D eigenvalue weighted by molar-refractivity contribution is -0.138. The lowest BCUT2D eigenvalue weighted by Crippen LogP contribution is -2.29. The van der Waals surface area contributed by atoms with Crippen LogP contribution in [0.5, 0.6) is 0 Å². The van der Waals surface area contributed by atoms with Gasteiger partial charge >= 0.3 is 0 Å². The molecule has 0 aromatic carbocycles. The van der Waals surface area contributed by atoms with Gasteiger partial charge in [-0.2, -0.15) is 0 Å². The Hall–Kier alpha value is -1.44. The average molecular weight is 395 g/mol. The Bertz CT molecular complexity index is 583. The van der Waals surface area contributed by atoms with Crippen molar-refractivity contribution < 1.29 is 14.6 Å². The zero-order valence-corrected chi connectivity index (χ0v) is 18.0. The molecule has 1 atom stereocenters. The molecule has 160 valence electrons. The molecular weight excluding hydrogens is 356 g/mol. The molecule has 1 unspecified atom stereocenters. The number of piperidine rings is 1. The number of hydrogen-bond acceptors (Lipinski definition) is 6. The summed E-state index contributed by atoms with van der Waals surface area (Å²) < 4.78 is 6.85. The lowest BCUT2D eigenvalue weighted by atomic mass is 9.97. The van der Waals surface area contributed by atoms with Crippen LogP contribution in [-0.2, 0) is 16.1 Å². The van der Waals surface area contributed by atoms with Gasteiger partial charge in [-0.25, -0.2) is 4.98 Å². The summed E-state index contributed by atoms with van der Waals surface area (Å²) >= 11 is 0. The first-order valence-corrected chi connectivity index (χ1v) is 10.6. The smallest absolute Gasteiger partial charge is 0.293 e. The highest BCUT2D eigenvalue weighted by Crippen LogP contribution is 2.26. The summed E-state index contributed by atoms with van der Waals surface area (Å²) in [7, 11) is 0. The van der Waals surface area contributed by atoms with Crippen molar-refractivity contribution in [2.75, 3.05) is 32.7 Å². The van der Waals surface area contributed by atoms with Gasteiger partial charge in [0.15, 0.2) is 0 Å². The number of rotatable bonds is 6. The second kappa shape index (κ2) is 10.9. The molecule has 2 N–H and O–H groups in total. The van der Waals surface area contributed by atoms with E-state index in [2.05, 4.69) is 25.7 Å². The lowest BCUT2D eigenvalue weighted by Gasteiger charge is -2.24. The number of nitrogens with zero attached hydrogens (tertiary/aromatic N) is 3. The molecule has 0 radical (unpaired) electrons. The third-order valence-corrected chi connectivity index (χ3v) is 5.22. The standard InChI is InChI=1S/C16H28N4O.C5H10O2/c1-13(21)15-12-20(11-10-19-8-2-3-9-19)16(18-15)14-4-6-17-7-5-14;1-5(2,3)7-4-6/h12-14,17,21H,2-11H2,1H3;4H,1-3H3. The Kier molecular flexibility index (Phi) is 8.92. The summed E-state index contributed by atoms with van der Waals surface area (Å²) in [5.41, 5.74) is 0.506. The van der Waals surface area contributed by atoms with Gasteiger partial charge < -0.3 is 24.6 Å². The summed E-state index contributed by atoms with van der Waals surface area (Å²) in [6.45, 7) is 14.5. The van der Waals surface area contributed by atoms with E-state index in [9.17, 15) is 9.90 Å². The summed E-state index contributed by atoms with van der Waals surface area (Å²) in [5, 5.41) is 13.3. The molecule has 2 saturated heterocycles. The largest absolute Gasteiger partial charge is 0.462 e. The van der Waals surface area contributed by atoms with Crippen LogP contribution in [0.3, 0.4) is 0 Å². The molecule has 0 amide bonds. The van der Waals surface area contributed by atoms with E-state index in [0.29, 0.717) is 12.4 Å². The van der Waals surface area contributed by atoms with Crippen LogP contribution >= 0.6 is 0 Å². The van der Waals surface area contributed by atoms with Crippen LogP contribution in [0.1, 0.15) is 76.9 Å². The van der Waals surface area contributed by atoms with Crippen LogP contribution in [-0.4, -0.2) is 64.4 Å². The van der Waals surface area contributed by atoms with Crippen LogP contribution in [0.2, 0.25) is 0 Å². The molecule has 2 fully saturated rings. The van der Waals surface area contributed by atoms with Crippen LogP contribution in [0.25, 0.3) is 0 Å². The summed E-state index contributed by atoms with van der Waals surface area (Å²) in [6, 6.07) is 0. The third-order valence-electron chi connectivity index (χ3n) is 5.22. The predicted molar refractivity (Wildman–Crippen MR) is 110 cm³/mol. The Morgan fingerprint density at radius 3 is 2.43 bits per heavy atom. The van der Waals surface area contributed by atoms with E-state index >= 15 is 0 Å². The molecule has 0 spiro atoms. The summed E-state index contributed by atoms with van der Waals surface area (Å²) in [4.78, 5) is 16.9. The Morgan fingerprint density at radius 2 is 1.93 bits per heavy atom. The summed E-state index contributed by atoms with van der Waals surface area (Å²) in [5.74, 6) is 1.73. The molecule has 3 rings (SSSR count). The maximum absolute atomic E-state index is 9.84. The highest BCUT2D eigenvalue weighted by Gasteiger charge is 2.23. The topological polar surface area (TPSA) is 79.6 Å². The molecule has 2 aliphatic heterocycles. The number of likely N-dealkylation sites (tertiary alicyclic amines) is 1. The quantitative estimate of drug-likeness (QED) is 0.722. The fraction of sp³-hybridized carbons (Fsp3) is 0.810. The van der Waals surface area contributed by atoms with Crippen molar-refractivity contribution in [1.82, 2.24) is 19.8 Å². The van der Waals surface area contributed by atoms with Gasteiger partial charge in [-0.15, -0.1) is 0 Å². The minimum atomic E-state index is -0.474. The zero-order chi connectivity index (χ0) is 20.6. The van der Waals surface area contributed by atoms with Gasteiger partial charge in [0, 0.05) is 25.2 Å². The van der Waals surface area contributed by atoms with Crippen LogP contribution in [0.4, 0.5) is 0 Å². The first kappa shape index (κ1) is 22.8. The van der Waals surface area contributed by atoms with E-state index in [1.165, 1.54) is 31.8 Å². The normalized spacial score (nSPS) is 19.8. The molecule has 28 heavy (non-hydrogen) atoms. The molecule has 7 nitrogen and oxygen atoms in total. The van der Waals surface area contributed by atoms with Crippen molar-refractivity contribution >= 4 is 6.47 Å². The predicted octanol–water partition coefficient (Wildman–Crippen LogP) is 2.46. The molecule has 1 aromatic heterocycles. The Morgan fingerprint density at radius 1 is 1.29 bits per heavy atom. The molecule has 0 saturated carbocycles. The van der Waals surface area contributed by atoms with E-state index in [1.54, 1.807) is 6.92 Å². The van der Waals surface area contributed by atoms with E-state index < -0.39 is 6.10 Å². The van der Waals surface area contributed by atoms with E-state index in [-0.39, 0.29) is 5.60 Å². The third kappa shape index (κ3) is 7.53. The van der Waals surface area contributed by atoms with Gasteiger partial charge in [-0.05, 0) is 79.6 Å². The van der Waals surface area contributed by atoms with Crippen molar-refractivity contribution in [2.45, 2.75) is 77.5 Å². The number of ether oxygens (including phenoxy) is 1. The van der Waals surface area contributed by atoms with Gasteiger partial charge in [0.25, 0.3) is 6.47 Å². The Labute approximate surface area is 169 Å². The first-order chi connectivity index (χ1) is 13.3. The number of aliphatic hydroxyl groups excluding tert-OH is 1. The number of hydrogen-bond donors (Lipinski definition) is 2. The minimum Gasteiger partial charge on any atom is -0.462 e. The zero-order valence-electron chi connectivity index (χ0n) is 18.0. The second-order valence-corrected chi connectivity index (χ2v) is 8.79. The van der Waals surface area contributed by atoms with Gasteiger partial charge in [0.05, 0.1) is 11.8 Å². The molecule has 7 heteroatoms. The van der Waals surface area contributed by atoms with Gasteiger partial charge in [-0.1, -0.05) is 0 Å². The average Bonchev–Trinajstić information content (AvgIpc) is 3.30. The number of imidazole rings is 1. The summed E-state index contributed by atoms with van der Waals surface area (Å²) in [6.07, 6.45) is 6.57. The van der Waals surface area contributed by atoms with E-state index in [0.717, 1.165) is 44.7 Å². The monoisotopic (exact) mass is 394 g/mol. The minimum absolute atomic E-state index is 0.318. The number of nitrogens with one attached hydrogen (secondary N) is 1. The van der Waals surface area contributed by atoms with E-state index in [4.69, 9.17) is 4.98 Å². The van der Waals surface area contributed by atoms with Crippen LogP contribution in [0.15, 0.2) is 6.20 Å². The van der Waals surface area contributed by atoms with Gasteiger partial charge in [-0.3, -0.25) is 4.79 Å². The molecule has 3 heterocycles. The SMILES string of the molecule is CC(C)(C)OC=O.CC(O)c1cn(CCN2CCCC2)c(C2CCNCC2)n1. The molecule has 0 aliphatic carbocycles.